The Morgan fingerprint density at radius 1 is 0.622 bits per heavy atom. The average molecular weight is 500 g/mol. The quantitative estimate of drug-likeness (QED) is 0.330. The van der Waals surface area contributed by atoms with Crippen molar-refractivity contribution in [1.29, 1.82) is 0 Å². The molecule has 0 atom stereocenters. The lowest BCUT2D eigenvalue weighted by Crippen LogP contribution is -2.25. The van der Waals surface area contributed by atoms with Gasteiger partial charge in [0.1, 0.15) is 0 Å². The molecule has 0 saturated heterocycles. The Balaban J connectivity index is 1.81. The van der Waals surface area contributed by atoms with Gasteiger partial charge in [-0.1, -0.05) is 41.5 Å². The monoisotopic (exact) mass is 499 g/mol. The number of aryl methyl sites for hydroxylation is 1. The number of nitrogens with zero attached hydrogens (tertiary/aromatic N) is 7. The van der Waals surface area contributed by atoms with Crippen molar-refractivity contribution in [2.24, 2.45) is 0 Å². The molecule has 0 aliphatic rings. The van der Waals surface area contributed by atoms with Gasteiger partial charge in [-0.25, -0.2) is 19.3 Å². The van der Waals surface area contributed by atoms with Crippen LogP contribution < -0.4 is 4.90 Å². The molecule has 0 saturated carbocycles. The molecule has 0 fully saturated rings. The molecule has 4 heterocycles. The van der Waals surface area contributed by atoms with E-state index < -0.39 is 5.41 Å². The normalized spacial score (nSPS) is 12.7. The summed E-state index contributed by atoms with van der Waals surface area (Å²) in [6.07, 6.45) is 3.99. The van der Waals surface area contributed by atoms with Gasteiger partial charge in [0.25, 0.3) is 0 Å². The maximum atomic E-state index is 5.11. The third-order valence-electron chi connectivity index (χ3n) is 6.73. The van der Waals surface area contributed by atoms with Gasteiger partial charge in [0.2, 0.25) is 0 Å². The smallest absolute Gasteiger partial charge is 0.155 e. The van der Waals surface area contributed by atoms with Crippen LogP contribution in [0.5, 0.6) is 0 Å². The van der Waals surface area contributed by atoms with Crippen molar-refractivity contribution in [1.82, 2.24) is 29.5 Å². The zero-order valence-electron chi connectivity index (χ0n) is 24.2. The lowest BCUT2D eigenvalue weighted by atomic mass is 9.84. The second-order valence-corrected chi connectivity index (χ2v) is 12.8. The molecule has 0 bridgehead atoms. The van der Waals surface area contributed by atoms with Crippen LogP contribution in [-0.4, -0.2) is 43.6 Å². The first-order valence-corrected chi connectivity index (χ1v) is 12.9. The SMILES string of the molecule is Cc1cc(-n2ccc(C(C)(C)C)n2)nc(C(C)(C)c2cc(N(C)C)cc(-n3ccc(C(C)(C)C)n3)n2)c1. The summed E-state index contributed by atoms with van der Waals surface area (Å²) in [6, 6.07) is 12.6. The van der Waals surface area contributed by atoms with E-state index in [1.165, 1.54) is 0 Å². The number of anilines is 1. The average Bonchev–Trinajstić information content (AvgIpc) is 3.48. The van der Waals surface area contributed by atoms with Crippen molar-refractivity contribution in [2.45, 2.75) is 78.6 Å². The highest BCUT2D eigenvalue weighted by Crippen LogP contribution is 2.33. The van der Waals surface area contributed by atoms with Gasteiger partial charge in [-0.05, 0) is 56.7 Å². The maximum Gasteiger partial charge on any atom is 0.155 e. The molecule has 0 radical (unpaired) electrons. The Hall–Kier alpha value is -3.48. The van der Waals surface area contributed by atoms with Gasteiger partial charge < -0.3 is 4.90 Å². The molecule has 0 unspecified atom stereocenters. The van der Waals surface area contributed by atoms with Crippen LogP contribution in [0.1, 0.15) is 83.7 Å². The van der Waals surface area contributed by atoms with E-state index in [4.69, 9.17) is 20.2 Å². The van der Waals surface area contributed by atoms with Gasteiger partial charge in [0, 0.05) is 54.5 Å². The zero-order valence-corrected chi connectivity index (χ0v) is 24.2. The van der Waals surface area contributed by atoms with E-state index in [1.54, 1.807) is 0 Å². The third kappa shape index (κ3) is 5.45. The second-order valence-electron chi connectivity index (χ2n) is 12.8. The van der Waals surface area contributed by atoms with E-state index in [9.17, 15) is 0 Å². The Morgan fingerprint density at radius 3 is 1.51 bits per heavy atom. The molecule has 7 heteroatoms. The summed E-state index contributed by atoms with van der Waals surface area (Å²) in [5, 5.41) is 9.67. The van der Waals surface area contributed by atoms with Crippen molar-refractivity contribution < 1.29 is 0 Å². The number of hydrogen-bond acceptors (Lipinski definition) is 5. The van der Waals surface area contributed by atoms with E-state index in [-0.39, 0.29) is 10.8 Å². The minimum Gasteiger partial charge on any atom is -0.377 e. The van der Waals surface area contributed by atoms with Gasteiger partial charge in [-0.15, -0.1) is 0 Å². The molecular formula is C30H41N7. The molecule has 7 nitrogen and oxygen atoms in total. The van der Waals surface area contributed by atoms with E-state index in [2.05, 4.69) is 104 Å². The fraction of sp³-hybridized carbons (Fsp3) is 0.467. The molecule has 0 aromatic carbocycles. The summed E-state index contributed by atoms with van der Waals surface area (Å²) in [5.74, 6) is 1.60. The van der Waals surface area contributed by atoms with Crippen LogP contribution in [0.25, 0.3) is 11.6 Å². The highest BCUT2D eigenvalue weighted by molar-refractivity contribution is 5.53. The molecule has 0 spiro atoms. The van der Waals surface area contributed by atoms with Gasteiger partial charge in [-0.3, -0.25) is 0 Å². The Morgan fingerprint density at radius 2 is 1.08 bits per heavy atom. The number of pyridine rings is 2. The minimum atomic E-state index is -0.457. The first kappa shape index (κ1) is 26.6. The van der Waals surface area contributed by atoms with E-state index >= 15 is 0 Å². The van der Waals surface area contributed by atoms with Crippen molar-refractivity contribution in [2.75, 3.05) is 19.0 Å². The van der Waals surface area contributed by atoms with Crippen LogP contribution in [0.2, 0.25) is 0 Å². The summed E-state index contributed by atoms with van der Waals surface area (Å²) < 4.78 is 3.75. The van der Waals surface area contributed by atoms with Crippen LogP contribution in [0.4, 0.5) is 5.69 Å². The molecule has 4 aromatic rings. The van der Waals surface area contributed by atoms with Gasteiger partial charge >= 0.3 is 0 Å². The summed E-state index contributed by atoms with van der Waals surface area (Å²) in [4.78, 5) is 12.3. The van der Waals surface area contributed by atoms with Crippen LogP contribution in [0, 0.1) is 6.92 Å². The van der Waals surface area contributed by atoms with Crippen LogP contribution in [-0.2, 0) is 16.2 Å². The predicted octanol–water partition coefficient (Wildman–Crippen LogP) is 6.14. The molecule has 0 N–H and O–H groups in total. The standard InChI is InChI=1S/C30H41N7/c1-20-16-24(31-26(17-20)36-14-12-22(33-36)28(2,3)4)30(8,9)25-18-21(35(10)11)19-27(32-25)37-15-13-23(34-37)29(5,6)7/h12-19H,1-11H3. The molecular weight excluding hydrogens is 458 g/mol. The van der Waals surface area contributed by atoms with Crippen LogP contribution in [0.3, 0.4) is 0 Å². The first-order valence-electron chi connectivity index (χ1n) is 12.9. The van der Waals surface area contributed by atoms with Crippen molar-refractivity contribution in [3.8, 4) is 11.6 Å². The van der Waals surface area contributed by atoms with Crippen LogP contribution >= 0.6 is 0 Å². The van der Waals surface area contributed by atoms with Crippen molar-refractivity contribution in [3.05, 3.63) is 77.1 Å². The van der Waals surface area contributed by atoms with E-state index in [0.717, 1.165) is 45.7 Å². The van der Waals surface area contributed by atoms with Gasteiger partial charge in [0.15, 0.2) is 11.6 Å². The summed E-state index contributed by atoms with van der Waals surface area (Å²) in [6.45, 7) is 19.5. The Labute approximate surface area is 221 Å². The van der Waals surface area contributed by atoms with Gasteiger partial charge in [0.05, 0.1) is 22.8 Å². The van der Waals surface area contributed by atoms with Crippen molar-refractivity contribution in [3.63, 3.8) is 0 Å². The zero-order chi connectivity index (χ0) is 27.3. The van der Waals surface area contributed by atoms with Gasteiger partial charge in [-0.2, -0.15) is 10.2 Å². The number of hydrogen-bond donors (Lipinski definition) is 0. The van der Waals surface area contributed by atoms with E-state index in [1.807, 2.05) is 35.9 Å². The molecule has 0 amide bonds. The summed E-state index contributed by atoms with van der Waals surface area (Å²) >= 11 is 0. The Bertz CT molecular complexity index is 1410. The molecule has 37 heavy (non-hydrogen) atoms. The third-order valence-corrected chi connectivity index (χ3v) is 6.73. The topological polar surface area (TPSA) is 64.7 Å². The fourth-order valence-electron chi connectivity index (χ4n) is 4.12. The first-order chi connectivity index (χ1) is 17.1. The lowest BCUT2D eigenvalue weighted by molar-refractivity contribution is 0.555. The predicted molar refractivity (Wildman–Crippen MR) is 151 cm³/mol. The number of aromatic nitrogens is 6. The molecule has 196 valence electrons. The van der Waals surface area contributed by atoms with E-state index in [0.29, 0.717) is 0 Å². The maximum absolute atomic E-state index is 5.11. The summed E-state index contributed by atoms with van der Waals surface area (Å²) in [5.41, 5.74) is 5.63. The highest BCUT2D eigenvalue weighted by atomic mass is 15.3. The molecule has 4 rings (SSSR count). The Kier molecular flexibility index (Phi) is 6.55. The second kappa shape index (κ2) is 9.12. The molecule has 0 aliphatic carbocycles. The van der Waals surface area contributed by atoms with Crippen LogP contribution in [0.15, 0.2) is 48.8 Å². The highest BCUT2D eigenvalue weighted by Gasteiger charge is 2.29. The summed E-state index contributed by atoms with van der Waals surface area (Å²) in [7, 11) is 4.10. The molecule has 4 aromatic heterocycles. The number of rotatable bonds is 5. The molecule has 0 aliphatic heterocycles. The van der Waals surface area contributed by atoms with Crippen molar-refractivity contribution >= 4 is 5.69 Å². The largest absolute Gasteiger partial charge is 0.377 e. The minimum absolute atomic E-state index is 0.0243. The lowest BCUT2D eigenvalue weighted by Gasteiger charge is -2.27. The fourth-order valence-corrected chi connectivity index (χ4v) is 4.12.